The summed E-state index contributed by atoms with van der Waals surface area (Å²) in [6.07, 6.45) is 0.914. The summed E-state index contributed by atoms with van der Waals surface area (Å²) in [5.74, 6) is 0. The summed E-state index contributed by atoms with van der Waals surface area (Å²) in [6.45, 7) is 6.15. The van der Waals surface area contributed by atoms with E-state index in [1.54, 1.807) is 0 Å². The fourth-order valence-electron chi connectivity index (χ4n) is 2.07. The Morgan fingerprint density at radius 1 is 1.33 bits per heavy atom. The van der Waals surface area contributed by atoms with Crippen molar-refractivity contribution in [2.45, 2.75) is 33.2 Å². The van der Waals surface area contributed by atoms with Crippen molar-refractivity contribution in [3.8, 4) is 5.69 Å². The molecule has 2 rings (SSSR count). The van der Waals surface area contributed by atoms with Crippen LogP contribution in [-0.4, -0.2) is 9.78 Å². The van der Waals surface area contributed by atoms with Crippen LogP contribution < -0.4 is 5.73 Å². The van der Waals surface area contributed by atoms with E-state index in [0.717, 1.165) is 33.5 Å². The average molecular weight is 308 g/mol. The number of hydrogen-bond acceptors (Lipinski definition) is 2. The number of hydrogen-bond donors (Lipinski definition) is 1. The average Bonchev–Trinajstić information content (AvgIpc) is 2.65. The number of aromatic nitrogens is 2. The van der Waals surface area contributed by atoms with Crippen molar-refractivity contribution < 1.29 is 0 Å². The SMILES string of the molecule is CCC(N)c1ccccc1-n1nc(C)c(Br)c1C. The van der Waals surface area contributed by atoms with E-state index < -0.39 is 0 Å². The van der Waals surface area contributed by atoms with E-state index in [9.17, 15) is 0 Å². The van der Waals surface area contributed by atoms with Crippen LogP contribution in [0.25, 0.3) is 5.69 Å². The number of benzene rings is 1. The molecule has 0 saturated carbocycles. The van der Waals surface area contributed by atoms with Gasteiger partial charge in [0.1, 0.15) is 0 Å². The first-order valence-electron chi connectivity index (χ1n) is 6.12. The Labute approximate surface area is 116 Å². The summed E-state index contributed by atoms with van der Waals surface area (Å²) in [7, 11) is 0. The molecule has 0 saturated heterocycles. The van der Waals surface area contributed by atoms with Crippen LogP contribution in [0.15, 0.2) is 28.7 Å². The molecule has 1 unspecified atom stereocenters. The third kappa shape index (κ3) is 2.22. The molecule has 2 N–H and O–H groups in total. The van der Waals surface area contributed by atoms with Gasteiger partial charge in [-0.05, 0) is 47.8 Å². The molecule has 0 radical (unpaired) electrons. The summed E-state index contributed by atoms with van der Waals surface area (Å²) < 4.78 is 3.02. The Morgan fingerprint density at radius 2 is 2.00 bits per heavy atom. The van der Waals surface area contributed by atoms with Crippen molar-refractivity contribution in [1.82, 2.24) is 9.78 Å². The van der Waals surface area contributed by atoms with Crippen LogP contribution in [-0.2, 0) is 0 Å². The van der Waals surface area contributed by atoms with Gasteiger partial charge < -0.3 is 5.73 Å². The molecule has 0 aliphatic heterocycles. The highest BCUT2D eigenvalue weighted by Gasteiger charge is 2.15. The van der Waals surface area contributed by atoms with Crippen LogP contribution in [0, 0.1) is 13.8 Å². The largest absolute Gasteiger partial charge is 0.324 e. The number of nitrogens with two attached hydrogens (primary N) is 1. The van der Waals surface area contributed by atoms with Gasteiger partial charge in [-0.1, -0.05) is 25.1 Å². The molecule has 1 atom stereocenters. The molecule has 4 heteroatoms. The highest BCUT2D eigenvalue weighted by atomic mass is 79.9. The monoisotopic (exact) mass is 307 g/mol. The van der Waals surface area contributed by atoms with Crippen LogP contribution in [0.2, 0.25) is 0 Å². The molecule has 18 heavy (non-hydrogen) atoms. The minimum Gasteiger partial charge on any atom is -0.324 e. The molecule has 1 aromatic carbocycles. The third-order valence-corrected chi connectivity index (χ3v) is 4.35. The summed E-state index contributed by atoms with van der Waals surface area (Å²) in [6, 6.07) is 8.23. The minimum absolute atomic E-state index is 0.0453. The zero-order valence-electron chi connectivity index (χ0n) is 10.9. The van der Waals surface area contributed by atoms with Crippen molar-refractivity contribution in [3.05, 3.63) is 45.7 Å². The van der Waals surface area contributed by atoms with Crippen LogP contribution in [0.1, 0.15) is 36.3 Å². The summed E-state index contributed by atoms with van der Waals surface area (Å²) in [5.41, 5.74) is 10.5. The predicted octanol–water partition coefficient (Wildman–Crippen LogP) is 3.66. The summed E-state index contributed by atoms with van der Waals surface area (Å²) in [4.78, 5) is 0. The normalized spacial score (nSPS) is 12.7. The first-order valence-corrected chi connectivity index (χ1v) is 6.92. The molecule has 0 aliphatic carbocycles. The van der Waals surface area contributed by atoms with E-state index in [4.69, 9.17) is 5.73 Å². The summed E-state index contributed by atoms with van der Waals surface area (Å²) in [5, 5.41) is 4.57. The van der Waals surface area contributed by atoms with Gasteiger partial charge >= 0.3 is 0 Å². The van der Waals surface area contributed by atoms with Gasteiger partial charge in [0.25, 0.3) is 0 Å². The maximum atomic E-state index is 6.17. The fourth-order valence-corrected chi connectivity index (χ4v) is 2.32. The highest BCUT2D eigenvalue weighted by molar-refractivity contribution is 9.10. The molecule has 0 spiro atoms. The van der Waals surface area contributed by atoms with Gasteiger partial charge in [0, 0.05) is 6.04 Å². The topological polar surface area (TPSA) is 43.8 Å². The van der Waals surface area contributed by atoms with Crippen LogP contribution in [0.5, 0.6) is 0 Å². The molecule has 0 bridgehead atoms. The first kappa shape index (κ1) is 13.3. The van der Waals surface area contributed by atoms with E-state index in [2.05, 4.69) is 47.0 Å². The predicted molar refractivity (Wildman–Crippen MR) is 78.0 cm³/mol. The number of halogens is 1. The maximum Gasteiger partial charge on any atom is 0.0743 e. The molecule has 1 aromatic heterocycles. The molecule has 0 aliphatic rings. The Bertz CT molecular complexity index is 560. The lowest BCUT2D eigenvalue weighted by Gasteiger charge is -2.15. The smallest absolute Gasteiger partial charge is 0.0743 e. The van der Waals surface area contributed by atoms with E-state index >= 15 is 0 Å². The van der Waals surface area contributed by atoms with Gasteiger partial charge in [0.15, 0.2) is 0 Å². The van der Waals surface area contributed by atoms with Crippen LogP contribution >= 0.6 is 15.9 Å². The van der Waals surface area contributed by atoms with Crippen molar-refractivity contribution in [1.29, 1.82) is 0 Å². The maximum absolute atomic E-state index is 6.17. The number of para-hydroxylation sites is 1. The van der Waals surface area contributed by atoms with E-state index in [0.29, 0.717) is 0 Å². The lowest BCUT2D eigenvalue weighted by atomic mass is 10.0. The fraction of sp³-hybridized carbons (Fsp3) is 0.357. The second kappa shape index (κ2) is 5.24. The summed E-state index contributed by atoms with van der Waals surface area (Å²) >= 11 is 3.56. The molecule has 2 aromatic rings. The highest BCUT2D eigenvalue weighted by Crippen LogP contribution is 2.27. The van der Waals surface area contributed by atoms with Crippen molar-refractivity contribution >= 4 is 15.9 Å². The minimum atomic E-state index is 0.0453. The molecule has 0 amide bonds. The van der Waals surface area contributed by atoms with Crippen molar-refractivity contribution in [3.63, 3.8) is 0 Å². The zero-order chi connectivity index (χ0) is 13.3. The second-order valence-corrected chi connectivity index (χ2v) is 5.26. The number of aryl methyl sites for hydroxylation is 1. The van der Waals surface area contributed by atoms with Crippen molar-refractivity contribution in [2.24, 2.45) is 5.73 Å². The van der Waals surface area contributed by atoms with Gasteiger partial charge in [0.2, 0.25) is 0 Å². The Hall–Kier alpha value is -1.13. The zero-order valence-corrected chi connectivity index (χ0v) is 12.5. The van der Waals surface area contributed by atoms with Gasteiger partial charge in [0.05, 0.1) is 21.5 Å². The first-order chi connectivity index (χ1) is 8.56. The van der Waals surface area contributed by atoms with E-state index in [1.807, 2.05) is 23.7 Å². The molecule has 0 fully saturated rings. The van der Waals surface area contributed by atoms with E-state index in [1.165, 1.54) is 0 Å². The lowest BCUT2D eigenvalue weighted by Crippen LogP contribution is -2.13. The molecular formula is C14H18BrN3. The van der Waals surface area contributed by atoms with Crippen LogP contribution in [0.3, 0.4) is 0 Å². The molecule has 1 heterocycles. The Kier molecular flexibility index (Phi) is 3.88. The number of rotatable bonds is 3. The molecule has 96 valence electrons. The van der Waals surface area contributed by atoms with Gasteiger partial charge in [-0.2, -0.15) is 5.10 Å². The van der Waals surface area contributed by atoms with Crippen LogP contribution in [0.4, 0.5) is 0 Å². The molecular weight excluding hydrogens is 290 g/mol. The number of nitrogens with zero attached hydrogens (tertiary/aromatic N) is 2. The Balaban J connectivity index is 2.60. The lowest BCUT2D eigenvalue weighted by molar-refractivity contribution is 0.683. The Morgan fingerprint density at radius 3 is 2.56 bits per heavy atom. The van der Waals surface area contributed by atoms with E-state index in [-0.39, 0.29) is 6.04 Å². The van der Waals surface area contributed by atoms with Gasteiger partial charge in [-0.25, -0.2) is 4.68 Å². The standard InChI is InChI=1S/C14H18BrN3/c1-4-12(16)11-7-5-6-8-13(11)18-10(3)14(15)9(2)17-18/h5-8,12H,4,16H2,1-3H3. The quantitative estimate of drug-likeness (QED) is 0.940. The van der Waals surface area contributed by atoms with Gasteiger partial charge in [-0.3, -0.25) is 0 Å². The third-order valence-electron chi connectivity index (χ3n) is 3.21. The second-order valence-electron chi connectivity index (χ2n) is 4.47. The molecule has 3 nitrogen and oxygen atoms in total. The van der Waals surface area contributed by atoms with Crippen molar-refractivity contribution in [2.75, 3.05) is 0 Å². The van der Waals surface area contributed by atoms with Gasteiger partial charge in [-0.15, -0.1) is 0 Å².